The van der Waals surface area contributed by atoms with Crippen LogP contribution in [0.1, 0.15) is 35.8 Å². The third-order valence-corrected chi connectivity index (χ3v) is 5.31. The van der Waals surface area contributed by atoms with Gasteiger partial charge in [0.25, 0.3) is 0 Å². The van der Waals surface area contributed by atoms with E-state index in [1.54, 1.807) is 13.3 Å². The third-order valence-electron chi connectivity index (χ3n) is 5.31. The third kappa shape index (κ3) is 4.59. The molecule has 0 saturated carbocycles. The van der Waals surface area contributed by atoms with Gasteiger partial charge in [-0.2, -0.15) is 0 Å². The van der Waals surface area contributed by atoms with Crippen LogP contribution in [0.5, 0.6) is 5.75 Å². The lowest BCUT2D eigenvalue weighted by atomic mass is 10.1. The Bertz CT molecular complexity index is 1020. The number of nitrogens with one attached hydrogen (secondary N) is 1. The quantitative estimate of drug-likeness (QED) is 0.660. The molecule has 1 saturated heterocycles. The zero-order valence-electron chi connectivity index (χ0n) is 17.3. The van der Waals surface area contributed by atoms with Crippen molar-refractivity contribution in [2.45, 2.75) is 32.2 Å². The summed E-state index contributed by atoms with van der Waals surface area (Å²) in [5.41, 5.74) is 3.73. The Morgan fingerprint density at radius 3 is 2.90 bits per heavy atom. The van der Waals surface area contributed by atoms with Crippen molar-refractivity contribution in [3.8, 4) is 5.75 Å². The molecule has 154 valence electrons. The van der Waals surface area contributed by atoms with Gasteiger partial charge in [-0.05, 0) is 61.7 Å². The largest absolute Gasteiger partial charge is 0.497 e. The van der Waals surface area contributed by atoms with Crippen LogP contribution in [0, 0.1) is 6.92 Å². The summed E-state index contributed by atoms with van der Waals surface area (Å²) in [6.45, 7) is 2.73. The Labute approximate surface area is 176 Å². The minimum atomic E-state index is -0.00714. The fourth-order valence-electron chi connectivity index (χ4n) is 3.95. The molecule has 0 spiro atoms. The van der Waals surface area contributed by atoms with Crippen molar-refractivity contribution in [1.82, 2.24) is 14.9 Å². The van der Waals surface area contributed by atoms with Crippen LogP contribution in [0.4, 0.5) is 11.5 Å². The van der Waals surface area contributed by atoms with Crippen molar-refractivity contribution in [3.63, 3.8) is 0 Å². The number of ether oxygens (including phenoxy) is 1. The van der Waals surface area contributed by atoms with E-state index in [4.69, 9.17) is 9.72 Å². The molecule has 3 aromatic rings. The molecular weight excluding hydrogens is 376 g/mol. The van der Waals surface area contributed by atoms with Gasteiger partial charge in [-0.25, -0.2) is 4.98 Å². The molecule has 1 unspecified atom stereocenters. The second-order valence-electron chi connectivity index (χ2n) is 7.54. The fourth-order valence-corrected chi connectivity index (χ4v) is 3.95. The number of carbonyl (C=O) groups is 1. The molecule has 1 aromatic carbocycles. The minimum absolute atomic E-state index is 0.00714. The molecule has 1 fully saturated rings. The van der Waals surface area contributed by atoms with Gasteiger partial charge in [0.15, 0.2) is 0 Å². The first-order valence-electron chi connectivity index (χ1n) is 10.2. The molecule has 1 aliphatic heterocycles. The maximum absolute atomic E-state index is 13.1. The molecule has 1 N–H and O–H groups in total. The van der Waals surface area contributed by atoms with Crippen molar-refractivity contribution in [3.05, 3.63) is 77.7 Å². The summed E-state index contributed by atoms with van der Waals surface area (Å²) < 4.78 is 5.28. The lowest BCUT2D eigenvalue weighted by molar-refractivity contribution is -0.131. The van der Waals surface area contributed by atoms with Gasteiger partial charge >= 0.3 is 0 Å². The second kappa shape index (κ2) is 8.95. The SMILES string of the molecule is COc1cccc(CC(=O)N2CCCC2c2cc(Nc3ccccn3)cc(C)n2)c1. The van der Waals surface area contributed by atoms with E-state index in [1.807, 2.05) is 66.4 Å². The first kappa shape index (κ1) is 19.9. The van der Waals surface area contributed by atoms with Crippen LogP contribution in [0.15, 0.2) is 60.8 Å². The number of amides is 1. The maximum atomic E-state index is 13.1. The highest BCUT2D eigenvalue weighted by Crippen LogP contribution is 2.33. The topological polar surface area (TPSA) is 67.3 Å². The molecule has 0 radical (unpaired) electrons. The Hall–Kier alpha value is -3.41. The average molecular weight is 402 g/mol. The van der Waals surface area contributed by atoms with Crippen LogP contribution >= 0.6 is 0 Å². The molecule has 6 heteroatoms. The standard InChI is InChI=1S/C24H26N4O2/c1-17-13-19(27-23-10-3-4-11-25-23)16-21(26-17)22-9-6-12-28(22)24(29)15-18-7-5-8-20(14-18)30-2/h3-5,7-8,10-11,13-14,16,22H,6,9,12,15H2,1-2H3,(H,25,26,27). The number of hydrogen-bond acceptors (Lipinski definition) is 5. The summed E-state index contributed by atoms with van der Waals surface area (Å²) in [4.78, 5) is 24.1. The van der Waals surface area contributed by atoms with Crippen molar-refractivity contribution < 1.29 is 9.53 Å². The van der Waals surface area contributed by atoms with Gasteiger partial charge < -0.3 is 15.0 Å². The molecule has 2 aromatic heterocycles. The lowest BCUT2D eigenvalue weighted by Gasteiger charge is -2.25. The van der Waals surface area contributed by atoms with Gasteiger partial charge in [-0.1, -0.05) is 18.2 Å². The highest BCUT2D eigenvalue weighted by molar-refractivity contribution is 5.79. The summed E-state index contributed by atoms with van der Waals surface area (Å²) in [6.07, 6.45) is 4.02. The second-order valence-corrected chi connectivity index (χ2v) is 7.54. The molecule has 1 amide bonds. The average Bonchev–Trinajstić information content (AvgIpc) is 3.24. The number of methoxy groups -OCH3 is 1. The Kier molecular flexibility index (Phi) is 5.93. The number of rotatable bonds is 6. The molecule has 4 rings (SSSR count). The predicted octanol–water partition coefficient (Wildman–Crippen LogP) is 4.44. The fraction of sp³-hybridized carbons (Fsp3) is 0.292. The summed E-state index contributed by atoms with van der Waals surface area (Å²) in [7, 11) is 1.64. The first-order chi connectivity index (χ1) is 14.6. The van der Waals surface area contributed by atoms with Crippen LogP contribution < -0.4 is 10.1 Å². The number of pyridine rings is 2. The van der Waals surface area contributed by atoms with E-state index in [-0.39, 0.29) is 11.9 Å². The van der Waals surface area contributed by atoms with E-state index in [0.29, 0.717) is 6.42 Å². The normalized spacial score (nSPS) is 15.8. The van der Waals surface area contributed by atoms with E-state index in [9.17, 15) is 4.79 Å². The van der Waals surface area contributed by atoms with Crippen LogP contribution in [-0.2, 0) is 11.2 Å². The van der Waals surface area contributed by atoms with Crippen LogP contribution in [-0.4, -0.2) is 34.4 Å². The van der Waals surface area contributed by atoms with Crippen molar-refractivity contribution in [2.75, 3.05) is 19.0 Å². The molecule has 3 heterocycles. The van der Waals surface area contributed by atoms with E-state index in [2.05, 4.69) is 10.3 Å². The highest BCUT2D eigenvalue weighted by atomic mass is 16.5. The van der Waals surface area contributed by atoms with Crippen molar-refractivity contribution in [1.29, 1.82) is 0 Å². The number of likely N-dealkylation sites (tertiary alicyclic amines) is 1. The van der Waals surface area contributed by atoms with Gasteiger partial charge in [0.1, 0.15) is 11.6 Å². The van der Waals surface area contributed by atoms with Gasteiger partial charge in [0, 0.05) is 24.1 Å². The number of nitrogens with zero attached hydrogens (tertiary/aromatic N) is 3. The Balaban J connectivity index is 1.53. The zero-order chi connectivity index (χ0) is 20.9. The summed E-state index contributed by atoms with van der Waals surface area (Å²) in [5.74, 6) is 1.67. The monoisotopic (exact) mass is 402 g/mol. The van der Waals surface area contributed by atoms with Crippen LogP contribution in [0.2, 0.25) is 0 Å². The summed E-state index contributed by atoms with van der Waals surface area (Å²) in [5, 5.41) is 3.34. The smallest absolute Gasteiger partial charge is 0.227 e. The number of aryl methyl sites for hydroxylation is 1. The van der Waals surface area contributed by atoms with Crippen LogP contribution in [0.25, 0.3) is 0 Å². The van der Waals surface area contributed by atoms with E-state index >= 15 is 0 Å². The van der Waals surface area contributed by atoms with E-state index in [0.717, 1.165) is 53.6 Å². The molecular formula is C24H26N4O2. The van der Waals surface area contributed by atoms with Crippen molar-refractivity contribution in [2.24, 2.45) is 0 Å². The highest BCUT2D eigenvalue weighted by Gasteiger charge is 2.31. The van der Waals surface area contributed by atoms with Gasteiger partial charge in [0.2, 0.25) is 5.91 Å². The number of aromatic nitrogens is 2. The van der Waals surface area contributed by atoms with Gasteiger partial charge in [-0.3, -0.25) is 9.78 Å². The molecule has 1 atom stereocenters. The zero-order valence-corrected chi connectivity index (χ0v) is 17.3. The van der Waals surface area contributed by atoms with Gasteiger partial charge in [0.05, 0.1) is 25.3 Å². The minimum Gasteiger partial charge on any atom is -0.497 e. The van der Waals surface area contributed by atoms with E-state index in [1.165, 1.54) is 0 Å². The summed E-state index contributed by atoms with van der Waals surface area (Å²) >= 11 is 0. The predicted molar refractivity (Wildman–Crippen MR) is 117 cm³/mol. The number of carbonyl (C=O) groups excluding carboxylic acids is 1. The van der Waals surface area contributed by atoms with Gasteiger partial charge in [-0.15, -0.1) is 0 Å². The van der Waals surface area contributed by atoms with Crippen molar-refractivity contribution >= 4 is 17.4 Å². The number of benzene rings is 1. The first-order valence-corrected chi connectivity index (χ1v) is 10.2. The Morgan fingerprint density at radius 2 is 2.10 bits per heavy atom. The van der Waals surface area contributed by atoms with Crippen LogP contribution in [0.3, 0.4) is 0 Å². The number of anilines is 2. The Morgan fingerprint density at radius 1 is 1.20 bits per heavy atom. The maximum Gasteiger partial charge on any atom is 0.227 e. The molecule has 30 heavy (non-hydrogen) atoms. The summed E-state index contributed by atoms with van der Waals surface area (Å²) in [6, 6.07) is 17.5. The number of hydrogen-bond donors (Lipinski definition) is 1. The lowest BCUT2D eigenvalue weighted by Crippen LogP contribution is -2.32. The molecule has 1 aliphatic rings. The molecule has 0 aliphatic carbocycles. The van der Waals surface area contributed by atoms with E-state index < -0.39 is 0 Å². The molecule has 6 nitrogen and oxygen atoms in total. The molecule has 0 bridgehead atoms.